The van der Waals surface area contributed by atoms with E-state index in [1.807, 2.05) is 116 Å². The quantitative estimate of drug-likeness (QED) is 0.0656. The van der Waals surface area contributed by atoms with Crippen LogP contribution in [0.1, 0.15) is 96.3 Å². The highest BCUT2D eigenvalue weighted by Gasteiger charge is 2.39. The number of nitrogens with one attached hydrogen (secondary N) is 3. The second kappa shape index (κ2) is 22.1. The number of para-hydroxylation sites is 2. The van der Waals surface area contributed by atoms with Gasteiger partial charge in [-0.1, -0.05) is 172 Å². The van der Waals surface area contributed by atoms with Crippen molar-refractivity contribution in [1.82, 2.24) is 15.3 Å². The fraction of sp³-hybridized carbons (Fsp3) is 0.214. The summed E-state index contributed by atoms with van der Waals surface area (Å²) in [7, 11) is -7.30. The predicted octanol–water partition coefficient (Wildman–Crippen LogP) is 11.3. The van der Waals surface area contributed by atoms with E-state index in [9.17, 15) is 31.5 Å². The lowest BCUT2D eigenvalue weighted by Gasteiger charge is -2.22. The summed E-state index contributed by atoms with van der Waals surface area (Å²) >= 11 is 0. The molecule has 0 aliphatic heterocycles. The second-order valence-corrected chi connectivity index (χ2v) is 21.4. The Morgan fingerprint density at radius 2 is 0.930 bits per heavy atom. The number of aromatic nitrogens is 2. The van der Waals surface area contributed by atoms with Gasteiger partial charge in [0, 0.05) is 27.9 Å². The van der Waals surface area contributed by atoms with Gasteiger partial charge in [0.1, 0.15) is 0 Å². The van der Waals surface area contributed by atoms with Crippen LogP contribution in [0.2, 0.25) is 0 Å². The number of nitrogens with zero attached hydrogens (tertiary/aromatic N) is 2. The lowest BCUT2D eigenvalue weighted by Crippen LogP contribution is -2.30. The third-order valence-electron chi connectivity index (χ3n) is 12.3. The van der Waals surface area contributed by atoms with Crippen LogP contribution in [-0.4, -0.2) is 54.3 Å². The number of carboxylic acids is 1. The van der Waals surface area contributed by atoms with Crippen molar-refractivity contribution in [2.45, 2.75) is 75.0 Å². The van der Waals surface area contributed by atoms with Crippen LogP contribution in [0.25, 0.3) is 44.3 Å². The van der Waals surface area contributed by atoms with Crippen LogP contribution in [0.15, 0.2) is 170 Å². The van der Waals surface area contributed by atoms with Gasteiger partial charge in [-0.15, -0.1) is 0 Å². The predicted molar refractivity (Wildman–Crippen MR) is 283 cm³/mol. The van der Waals surface area contributed by atoms with Gasteiger partial charge >= 0.3 is 5.97 Å². The SMILES string of the molecule is CC[C@H](N)c1ccccc1.CC[C@H](NC(=O)c1c(NS(=O)(=O)C2CC2)c(-c2ccccc2)nc2ccccc12)c1ccccc1.O=C(O)c1c(NS(=O)(=O)C2CC2)c(-c2ccccc2)nc2ccccc12. The first-order valence-corrected chi connectivity index (χ1v) is 26.8. The number of carbonyl (C=O) groups is 2. The number of carboxylic acid groups (broad SMARTS) is 1. The summed E-state index contributed by atoms with van der Waals surface area (Å²) in [5, 5.41) is 13.0. The van der Waals surface area contributed by atoms with Crippen LogP contribution < -0.4 is 20.5 Å². The fourth-order valence-corrected chi connectivity index (χ4v) is 11.0. The molecule has 1 amide bonds. The van der Waals surface area contributed by atoms with Gasteiger partial charge in [0.25, 0.3) is 5.91 Å². The Balaban J connectivity index is 0.000000164. The zero-order valence-corrected chi connectivity index (χ0v) is 41.0. The Morgan fingerprint density at radius 3 is 1.34 bits per heavy atom. The first-order valence-electron chi connectivity index (χ1n) is 23.7. The molecule has 0 unspecified atom stereocenters. The average Bonchev–Trinajstić information content (AvgIpc) is 4.33. The molecule has 0 saturated heterocycles. The molecule has 2 aliphatic carbocycles. The Labute approximate surface area is 414 Å². The van der Waals surface area contributed by atoms with Crippen molar-refractivity contribution in [3.63, 3.8) is 0 Å². The van der Waals surface area contributed by atoms with E-state index in [2.05, 4.69) is 38.8 Å². The van der Waals surface area contributed by atoms with E-state index in [1.54, 1.807) is 48.5 Å². The molecular weight excluding hydrogens is 933 g/mol. The van der Waals surface area contributed by atoms with Gasteiger partial charge in [-0.05, 0) is 61.8 Å². The third-order valence-corrected chi connectivity index (χ3v) is 16.0. The number of rotatable bonds is 15. The standard InChI is InChI=1S/C28H27N3O3S.C19H16N2O4S.C9H13N/c1-2-23(19-11-5-3-6-12-19)30-28(32)25-22-15-9-10-16-24(22)29-26(20-13-7-4-8-14-20)27(25)31-35(33,34)21-17-18-21;22-19(23)16-14-8-4-5-9-15(14)20-17(12-6-2-1-3-7-12)18(16)21-26(24,25)13-10-11-13;1-2-9(10)8-6-4-3-5-7-8/h3-16,21,23,31H,2,17-18H2,1H3,(H,30,32);1-9,13,21H,10-11H2,(H,22,23);3-7,9H,2,10H2,1H3/t23-;;9-/m0.0/s1. The highest BCUT2D eigenvalue weighted by Crippen LogP contribution is 2.40. The average molecular weight is 989 g/mol. The molecule has 2 aliphatic rings. The third kappa shape index (κ3) is 11.9. The number of carbonyl (C=O) groups excluding carboxylic acids is 1. The molecule has 2 fully saturated rings. The highest BCUT2D eigenvalue weighted by molar-refractivity contribution is 7.93. The fourth-order valence-electron chi connectivity index (χ4n) is 8.17. The van der Waals surface area contributed by atoms with E-state index in [0.717, 1.165) is 17.5 Å². The van der Waals surface area contributed by atoms with Crippen LogP contribution >= 0.6 is 0 Å². The Hall–Kier alpha value is -7.46. The van der Waals surface area contributed by atoms with E-state index in [1.165, 1.54) is 5.56 Å². The summed E-state index contributed by atoms with van der Waals surface area (Å²) in [5.74, 6) is -1.54. The van der Waals surface area contributed by atoms with Crippen molar-refractivity contribution in [3.8, 4) is 22.5 Å². The molecule has 2 atom stereocenters. The summed E-state index contributed by atoms with van der Waals surface area (Å²) in [4.78, 5) is 35.3. The number of anilines is 2. The molecule has 71 heavy (non-hydrogen) atoms. The normalized spacial score (nSPS) is 14.2. The molecule has 0 bridgehead atoms. The van der Waals surface area contributed by atoms with Crippen molar-refractivity contribution in [2.24, 2.45) is 5.73 Å². The van der Waals surface area contributed by atoms with Gasteiger partial charge in [0.2, 0.25) is 20.0 Å². The molecule has 0 radical (unpaired) electrons. The van der Waals surface area contributed by atoms with Crippen molar-refractivity contribution in [3.05, 3.63) is 192 Å². The molecule has 2 aromatic heterocycles. The zero-order chi connectivity index (χ0) is 50.1. The van der Waals surface area contributed by atoms with Gasteiger partial charge in [0.05, 0.1) is 61.5 Å². The number of fused-ring (bicyclic) bond motifs is 2. The lowest BCUT2D eigenvalue weighted by atomic mass is 9.99. The number of nitrogens with two attached hydrogens (primary N) is 1. The Bertz CT molecular complexity index is 3380. The maximum atomic E-state index is 13.9. The Kier molecular flexibility index (Phi) is 15.5. The van der Waals surface area contributed by atoms with Gasteiger partial charge in [-0.25, -0.2) is 31.6 Å². The van der Waals surface area contributed by atoms with E-state index < -0.39 is 36.5 Å². The summed E-state index contributed by atoms with van der Waals surface area (Å²) in [6.45, 7) is 4.10. The molecule has 15 heteroatoms. The smallest absolute Gasteiger partial charge is 0.338 e. The van der Waals surface area contributed by atoms with E-state index in [4.69, 9.17) is 10.7 Å². The van der Waals surface area contributed by atoms with Crippen molar-refractivity contribution >= 4 is 65.1 Å². The summed E-state index contributed by atoms with van der Waals surface area (Å²) in [5.41, 5.74) is 11.7. The summed E-state index contributed by atoms with van der Waals surface area (Å²) in [6.07, 6.45) is 4.09. The topological polar surface area (TPSA) is 211 Å². The van der Waals surface area contributed by atoms with Crippen molar-refractivity contribution in [1.29, 1.82) is 0 Å². The number of pyridine rings is 2. The van der Waals surface area contributed by atoms with Crippen LogP contribution in [0.5, 0.6) is 0 Å². The number of amides is 1. The summed E-state index contributed by atoms with van der Waals surface area (Å²) < 4.78 is 56.5. The molecule has 8 aromatic rings. The molecule has 2 saturated carbocycles. The van der Waals surface area contributed by atoms with Gasteiger partial charge in [0.15, 0.2) is 0 Å². The van der Waals surface area contributed by atoms with Gasteiger partial charge in [-0.2, -0.15) is 0 Å². The molecule has 10 rings (SSSR count). The minimum Gasteiger partial charge on any atom is -0.478 e. The van der Waals surface area contributed by atoms with Crippen molar-refractivity contribution < 1.29 is 31.5 Å². The number of hydrogen-bond donors (Lipinski definition) is 5. The Morgan fingerprint density at radius 1 is 0.549 bits per heavy atom. The molecule has 6 N–H and O–H groups in total. The van der Waals surface area contributed by atoms with Gasteiger partial charge in [-0.3, -0.25) is 14.2 Å². The number of aromatic carboxylic acids is 1. The molecule has 13 nitrogen and oxygen atoms in total. The monoisotopic (exact) mass is 988 g/mol. The molecule has 364 valence electrons. The number of benzene rings is 6. The second-order valence-electron chi connectivity index (χ2n) is 17.5. The maximum Gasteiger partial charge on any atom is 0.338 e. The van der Waals surface area contributed by atoms with Gasteiger partial charge < -0.3 is 16.2 Å². The van der Waals surface area contributed by atoms with E-state index in [0.29, 0.717) is 70.9 Å². The lowest BCUT2D eigenvalue weighted by molar-refractivity contribution is 0.0699. The maximum absolute atomic E-state index is 13.9. The first-order chi connectivity index (χ1) is 34.3. The highest BCUT2D eigenvalue weighted by atomic mass is 32.2. The van der Waals surface area contributed by atoms with Crippen LogP contribution in [-0.2, 0) is 20.0 Å². The van der Waals surface area contributed by atoms with Crippen molar-refractivity contribution in [2.75, 3.05) is 9.44 Å². The minimum atomic E-state index is -3.65. The largest absolute Gasteiger partial charge is 0.478 e. The first kappa shape index (κ1) is 49.9. The minimum absolute atomic E-state index is 0.0225. The van der Waals surface area contributed by atoms with Crippen LogP contribution in [0.4, 0.5) is 11.4 Å². The number of hydrogen-bond acceptors (Lipinski definition) is 9. The molecule has 2 heterocycles. The zero-order valence-electron chi connectivity index (χ0n) is 39.4. The molecule has 0 spiro atoms. The molecular formula is C56H56N6O7S2. The van der Waals surface area contributed by atoms with E-state index in [-0.39, 0.29) is 40.5 Å². The van der Waals surface area contributed by atoms with E-state index >= 15 is 0 Å². The molecule has 6 aromatic carbocycles. The van der Waals surface area contributed by atoms with Crippen LogP contribution in [0.3, 0.4) is 0 Å². The number of sulfonamides is 2. The van der Waals surface area contributed by atoms with Crippen LogP contribution in [0, 0.1) is 0 Å². The summed E-state index contributed by atoms with van der Waals surface area (Å²) in [6, 6.07) is 52.4.